The smallest absolute Gasteiger partial charge is 1.00 e. The fourth-order valence-electron chi connectivity index (χ4n) is 4.87. The molecule has 0 aromatic heterocycles. The molecule has 0 heterocycles. The van der Waals surface area contributed by atoms with Crippen molar-refractivity contribution in [1.29, 1.82) is 0 Å². The third kappa shape index (κ3) is 18.5. The molecule has 6 aromatic rings. The maximum atomic E-state index is 2.33. The summed E-state index contributed by atoms with van der Waals surface area (Å²) < 4.78 is 0. The molecule has 6 rings (SSSR count). The zero-order valence-corrected chi connectivity index (χ0v) is 34.4. The fourth-order valence-corrected chi connectivity index (χ4v) is 7.85. The van der Waals surface area contributed by atoms with Crippen molar-refractivity contribution in [3.63, 3.8) is 0 Å². The zero-order chi connectivity index (χ0) is 34.3. The Morgan fingerprint density at radius 1 is 0.226 bits per heavy atom. The Morgan fingerprint density at radius 2 is 0.358 bits per heavy atom. The van der Waals surface area contributed by atoms with Crippen molar-refractivity contribution in [2.24, 2.45) is 0 Å². The van der Waals surface area contributed by atoms with Crippen LogP contribution in [0.4, 0.5) is 0 Å². The van der Waals surface area contributed by atoms with Gasteiger partial charge in [0.25, 0.3) is 0 Å². The van der Waals surface area contributed by atoms with Crippen LogP contribution in [0.15, 0.2) is 217 Å². The minimum absolute atomic E-state index is 0. The molecule has 0 aliphatic heterocycles. The molecule has 0 amide bonds. The molecular formula is C48H44Cl2P2Pd+2. The van der Waals surface area contributed by atoms with Gasteiger partial charge in [0.15, 0.2) is 0 Å². The van der Waals surface area contributed by atoms with Gasteiger partial charge in [0.1, 0.15) is 0 Å². The summed E-state index contributed by atoms with van der Waals surface area (Å²) >= 11 is 0. The number of hydrogen-bond acceptors (Lipinski definition) is 0. The van der Waals surface area contributed by atoms with Crippen molar-refractivity contribution in [3.05, 3.63) is 250 Å². The third-order valence-corrected chi connectivity index (χ3v) is 10.9. The van der Waals surface area contributed by atoms with Gasteiger partial charge in [-0.1, -0.05) is 182 Å². The first-order chi connectivity index (χ1) is 24.8. The molecule has 0 bridgehead atoms. The topological polar surface area (TPSA) is 0 Å². The largest absolute Gasteiger partial charge is 2.00 e. The minimum Gasteiger partial charge on any atom is -1.00 e. The van der Waals surface area contributed by atoms with E-state index in [-0.39, 0.29) is 45.2 Å². The summed E-state index contributed by atoms with van der Waals surface area (Å²) in [6.07, 6.45) is 13.3. The number of halogens is 2. The molecule has 0 fully saturated rings. The van der Waals surface area contributed by atoms with Crippen LogP contribution in [0.5, 0.6) is 0 Å². The van der Waals surface area contributed by atoms with Gasteiger partial charge in [-0.3, -0.25) is 0 Å². The molecular weight excluding hydrogens is 816 g/mol. The second-order valence-electron chi connectivity index (χ2n) is 11.5. The maximum Gasteiger partial charge on any atom is 2.00 e. The maximum absolute atomic E-state index is 2.33. The second kappa shape index (κ2) is 27.5. The van der Waals surface area contributed by atoms with Crippen molar-refractivity contribution >= 4 is 52.3 Å². The third-order valence-electron chi connectivity index (χ3n) is 7.61. The molecule has 6 aromatic carbocycles. The summed E-state index contributed by atoms with van der Waals surface area (Å²) in [5.74, 6) is 14.0. The van der Waals surface area contributed by atoms with Gasteiger partial charge < -0.3 is 24.8 Å². The summed E-state index contributed by atoms with van der Waals surface area (Å²) in [7, 11) is -1.76. The molecule has 0 aliphatic rings. The molecule has 53 heavy (non-hydrogen) atoms. The summed E-state index contributed by atoms with van der Waals surface area (Å²) in [6.45, 7) is 0. The quantitative estimate of drug-likeness (QED) is 0.0857. The molecule has 0 spiro atoms. The first-order valence-electron chi connectivity index (χ1n) is 16.9. The van der Waals surface area contributed by atoms with Crippen LogP contribution in [-0.4, -0.2) is 0 Å². The Bertz CT molecular complexity index is 1590. The Labute approximate surface area is 345 Å². The van der Waals surface area contributed by atoms with Crippen LogP contribution in [0, 0.1) is 0 Å². The summed E-state index contributed by atoms with van der Waals surface area (Å²) in [5, 5.41) is 0. The molecule has 0 atom stereocenters. The van der Waals surface area contributed by atoms with E-state index in [1.165, 1.54) is 33.4 Å². The van der Waals surface area contributed by atoms with Crippen molar-refractivity contribution < 1.29 is 45.2 Å². The van der Waals surface area contributed by atoms with Crippen molar-refractivity contribution in [1.82, 2.24) is 0 Å². The van der Waals surface area contributed by atoms with E-state index in [2.05, 4.69) is 217 Å². The summed E-state index contributed by atoms with van der Waals surface area (Å²) in [5.41, 5.74) is 7.45. The molecule has 0 saturated heterocycles. The molecule has 268 valence electrons. The van der Waals surface area contributed by atoms with Gasteiger partial charge in [-0.25, -0.2) is 0 Å². The van der Waals surface area contributed by atoms with Crippen LogP contribution >= 0.6 is 15.8 Å². The predicted octanol–water partition coefficient (Wildman–Crippen LogP) is 8.43. The predicted molar refractivity (Wildman–Crippen MR) is 229 cm³/mol. The van der Waals surface area contributed by atoms with E-state index in [1.807, 2.05) is 36.4 Å². The Hall–Kier alpha value is -4.14. The van der Waals surface area contributed by atoms with E-state index in [1.54, 1.807) is 0 Å². The van der Waals surface area contributed by atoms with Crippen molar-refractivity contribution in [2.45, 2.75) is 0 Å². The Kier molecular flexibility index (Phi) is 23.3. The summed E-state index contributed by atoms with van der Waals surface area (Å²) in [6, 6.07) is 62.8. The standard InChI is InChI=1S/2C24H21P.2ClH.Pd/c2*1-4-10-22(11-5-1)16-19-25(20-17-23-12-6-2-7-13-23)21-18-24-14-8-3-9-15-24;;;/h2*1-21H;2*1H;/q;;;;+2/b2*19-16-,20-17-,21-18-;;;. The van der Waals surface area contributed by atoms with Crippen molar-refractivity contribution in [3.8, 4) is 0 Å². The van der Waals surface area contributed by atoms with Gasteiger partial charge in [0, 0.05) is 0 Å². The molecule has 0 saturated carbocycles. The molecule has 0 unspecified atom stereocenters. The second-order valence-corrected chi connectivity index (χ2v) is 15.5. The van der Waals surface area contributed by atoms with Crippen LogP contribution in [0.1, 0.15) is 33.4 Å². The summed E-state index contributed by atoms with van der Waals surface area (Å²) in [4.78, 5) is 0. The number of hydrogen-bond donors (Lipinski definition) is 0. The number of rotatable bonds is 12. The first kappa shape index (κ1) is 45.0. The molecule has 5 heteroatoms. The first-order valence-corrected chi connectivity index (χ1v) is 20.4. The minimum atomic E-state index is -0.879. The molecule has 0 nitrogen and oxygen atoms in total. The average Bonchev–Trinajstić information content (AvgIpc) is 3.20. The van der Waals surface area contributed by atoms with Gasteiger partial charge >= 0.3 is 20.4 Å². The van der Waals surface area contributed by atoms with Crippen LogP contribution in [0.3, 0.4) is 0 Å². The molecule has 0 N–H and O–H groups in total. The zero-order valence-electron chi connectivity index (χ0n) is 29.3. The van der Waals surface area contributed by atoms with E-state index >= 15 is 0 Å². The van der Waals surface area contributed by atoms with Crippen LogP contribution < -0.4 is 24.8 Å². The normalized spacial score (nSPS) is 11.2. The Balaban J connectivity index is 0.000000347. The van der Waals surface area contributed by atoms with E-state index in [4.69, 9.17) is 0 Å². The molecule has 0 radical (unpaired) electrons. The number of benzene rings is 6. The van der Waals surface area contributed by atoms with E-state index in [0.29, 0.717) is 0 Å². The van der Waals surface area contributed by atoms with E-state index < -0.39 is 15.8 Å². The fraction of sp³-hybridized carbons (Fsp3) is 0. The van der Waals surface area contributed by atoms with Gasteiger partial charge in [-0.2, -0.15) is 0 Å². The van der Waals surface area contributed by atoms with E-state index in [9.17, 15) is 0 Å². The Morgan fingerprint density at radius 3 is 0.491 bits per heavy atom. The van der Waals surface area contributed by atoms with Gasteiger partial charge in [0.05, 0.1) is 50.7 Å². The van der Waals surface area contributed by atoms with Gasteiger partial charge in [0.2, 0.25) is 0 Å². The van der Waals surface area contributed by atoms with Gasteiger partial charge in [-0.05, 0) is 69.8 Å². The van der Waals surface area contributed by atoms with E-state index in [0.717, 1.165) is 0 Å². The SMILES string of the molecule is C(=C/[PH+](/C=C\c1ccccc1)/C=C\c1ccccc1)/c1ccccc1.C(=C/[PH+](/C=C\c1ccccc1)/C=C\c1ccccc1)/c1ccccc1.[Cl-].[Cl-].[Pd+2]. The van der Waals surface area contributed by atoms with Crippen LogP contribution in [0.25, 0.3) is 36.5 Å². The average molecular weight is 860 g/mol. The van der Waals surface area contributed by atoms with Gasteiger partial charge in [-0.15, -0.1) is 0 Å². The monoisotopic (exact) mass is 858 g/mol. The van der Waals surface area contributed by atoms with Crippen LogP contribution in [-0.2, 0) is 20.4 Å². The van der Waals surface area contributed by atoms with Crippen LogP contribution in [0.2, 0.25) is 0 Å². The van der Waals surface area contributed by atoms with Crippen molar-refractivity contribution in [2.75, 3.05) is 0 Å². The molecule has 0 aliphatic carbocycles.